The van der Waals surface area contributed by atoms with Crippen molar-refractivity contribution in [1.29, 1.82) is 0 Å². The molecule has 9 aromatic rings. The fourth-order valence-corrected chi connectivity index (χ4v) is 7.60. The zero-order valence-corrected chi connectivity index (χ0v) is 28.4. The summed E-state index contributed by atoms with van der Waals surface area (Å²) in [6.07, 6.45) is 0. The van der Waals surface area contributed by atoms with E-state index in [4.69, 9.17) is 4.74 Å². The lowest BCUT2D eigenvalue weighted by Gasteiger charge is -2.27. The fourth-order valence-electron chi connectivity index (χ4n) is 7.60. The number of anilines is 3. The van der Waals surface area contributed by atoms with Gasteiger partial charge in [-0.3, -0.25) is 0 Å². The predicted octanol–water partition coefficient (Wildman–Crippen LogP) is 14.2. The molecule has 1 aliphatic heterocycles. The molecule has 2 nitrogen and oxygen atoms in total. The molecule has 0 atom stereocenters. The molecule has 0 bridgehead atoms. The number of benzene rings is 9. The highest BCUT2D eigenvalue weighted by molar-refractivity contribution is 5.99. The van der Waals surface area contributed by atoms with E-state index in [1.807, 2.05) is 0 Å². The van der Waals surface area contributed by atoms with Gasteiger partial charge >= 0.3 is 0 Å². The normalized spacial score (nSPS) is 11.6. The first-order valence-electron chi connectivity index (χ1n) is 17.7. The van der Waals surface area contributed by atoms with E-state index in [-0.39, 0.29) is 0 Å². The minimum atomic E-state index is 0.835. The second-order valence-corrected chi connectivity index (χ2v) is 13.4. The van der Waals surface area contributed by atoms with Crippen LogP contribution in [0.25, 0.3) is 66.1 Å². The summed E-state index contributed by atoms with van der Waals surface area (Å²) in [5.74, 6) is 1.70. The van der Waals surface area contributed by atoms with Gasteiger partial charge in [0.05, 0.1) is 0 Å². The molecule has 0 aromatic heterocycles. The number of rotatable bonds is 5. The molecule has 0 unspecified atom stereocenters. The van der Waals surface area contributed by atoms with Crippen LogP contribution in [0.3, 0.4) is 0 Å². The monoisotopic (exact) mass is 663 g/mol. The number of hydrogen-bond acceptors (Lipinski definition) is 2. The van der Waals surface area contributed by atoms with Crippen LogP contribution in [-0.2, 0) is 0 Å². The molecule has 0 saturated carbocycles. The second-order valence-electron chi connectivity index (χ2n) is 13.4. The lowest BCUT2D eigenvalue weighted by molar-refractivity contribution is 0.488. The number of fused-ring (bicyclic) bond motifs is 7. The lowest BCUT2D eigenvalue weighted by atomic mass is 9.90. The number of ether oxygens (including phenoxy) is 1. The Kier molecular flexibility index (Phi) is 7.18. The van der Waals surface area contributed by atoms with Crippen molar-refractivity contribution in [2.24, 2.45) is 0 Å². The van der Waals surface area contributed by atoms with E-state index in [2.05, 4.69) is 205 Å². The Labute approximate surface area is 303 Å². The largest absolute Gasteiger partial charge is 0.456 e. The van der Waals surface area contributed by atoms with Crippen LogP contribution in [0.4, 0.5) is 17.1 Å². The van der Waals surface area contributed by atoms with Crippen LogP contribution in [0.5, 0.6) is 11.5 Å². The van der Waals surface area contributed by atoms with Crippen molar-refractivity contribution < 1.29 is 4.74 Å². The van der Waals surface area contributed by atoms with Gasteiger partial charge in [-0.05, 0) is 116 Å². The smallest absolute Gasteiger partial charge is 0.135 e. The lowest BCUT2D eigenvalue weighted by Crippen LogP contribution is -2.10. The van der Waals surface area contributed by atoms with E-state index in [1.165, 1.54) is 38.4 Å². The predicted molar refractivity (Wildman–Crippen MR) is 218 cm³/mol. The Morgan fingerprint density at radius 3 is 1.52 bits per heavy atom. The molecule has 0 saturated heterocycles. The van der Waals surface area contributed by atoms with E-state index < -0.39 is 0 Å². The highest BCUT2D eigenvalue weighted by Crippen LogP contribution is 2.51. The fraction of sp³-hybridized carbons (Fsp3) is 0. The quantitative estimate of drug-likeness (QED) is 0.182. The molecule has 0 spiro atoms. The average Bonchev–Trinajstić information content (AvgIpc) is 3.34. The summed E-state index contributed by atoms with van der Waals surface area (Å²) in [6, 6.07) is 71.7. The molecule has 244 valence electrons. The first kappa shape index (κ1) is 30.0. The van der Waals surface area contributed by atoms with Gasteiger partial charge in [0.25, 0.3) is 0 Å². The van der Waals surface area contributed by atoms with E-state index in [0.717, 1.165) is 56.2 Å². The minimum Gasteiger partial charge on any atom is -0.456 e. The SMILES string of the molecule is c1ccc(-c2ccc(N(c3ccc4c(c3)-c3cc(-c5ccccc5)ccc3-c3cc5ccccc5cc3O4)c3ccc4ccccc4c3)cc2)cc1. The van der Waals surface area contributed by atoms with Crippen LogP contribution >= 0.6 is 0 Å². The topological polar surface area (TPSA) is 12.5 Å². The van der Waals surface area contributed by atoms with Crippen molar-refractivity contribution >= 4 is 38.6 Å². The summed E-state index contributed by atoms with van der Waals surface area (Å²) in [4.78, 5) is 2.36. The molecular weight excluding hydrogens is 631 g/mol. The van der Waals surface area contributed by atoms with Crippen LogP contribution in [0.15, 0.2) is 200 Å². The summed E-state index contributed by atoms with van der Waals surface area (Å²) in [7, 11) is 0. The summed E-state index contributed by atoms with van der Waals surface area (Å²) < 4.78 is 6.89. The van der Waals surface area contributed by atoms with Crippen molar-refractivity contribution in [3.8, 4) is 56.0 Å². The van der Waals surface area contributed by atoms with Crippen molar-refractivity contribution in [3.63, 3.8) is 0 Å². The Balaban J connectivity index is 1.18. The van der Waals surface area contributed by atoms with Gasteiger partial charge in [0.2, 0.25) is 0 Å². The van der Waals surface area contributed by atoms with Gasteiger partial charge in [0.15, 0.2) is 0 Å². The third-order valence-corrected chi connectivity index (χ3v) is 10.2. The van der Waals surface area contributed by atoms with Crippen molar-refractivity contribution in [2.75, 3.05) is 4.90 Å². The van der Waals surface area contributed by atoms with Gasteiger partial charge in [-0.25, -0.2) is 0 Å². The third-order valence-electron chi connectivity index (χ3n) is 10.2. The molecule has 0 N–H and O–H groups in total. The van der Waals surface area contributed by atoms with Gasteiger partial charge in [0.1, 0.15) is 11.5 Å². The van der Waals surface area contributed by atoms with E-state index in [1.54, 1.807) is 0 Å². The van der Waals surface area contributed by atoms with Crippen molar-refractivity contribution in [1.82, 2.24) is 0 Å². The van der Waals surface area contributed by atoms with Crippen LogP contribution in [0.2, 0.25) is 0 Å². The molecule has 0 amide bonds. The van der Waals surface area contributed by atoms with Gasteiger partial charge in [-0.1, -0.05) is 140 Å². The molecule has 0 aliphatic carbocycles. The molecule has 2 heteroatoms. The van der Waals surface area contributed by atoms with Crippen molar-refractivity contribution in [2.45, 2.75) is 0 Å². The van der Waals surface area contributed by atoms with E-state index in [0.29, 0.717) is 0 Å². The molecule has 9 aromatic carbocycles. The Bertz CT molecular complexity index is 2750. The summed E-state index contributed by atoms with van der Waals surface area (Å²) in [5, 5.41) is 4.76. The highest BCUT2D eigenvalue weighted by Gasteiger charge is 2.24. The maximum atomic E-state index is 6.89. The Morgan fingerprint density at radius 2 is 0.788 bits per heavy atom. The number of nitrogens with zero attached hydrogens (tertiary/aromatic N) is 1. The zero-order valence-electron chi connectivity index (χ0n) is 28.4. The first-order valence-corrected chi connectivity index (χ1v) is 17.7. The minimum absolute atomic E-state index is 0.835. The molecule has 10 rings (SSSR count). The second kappa shape index (κ2) is 12.5. The summed E-state index contributed by atoms with van der Waals surface area (Å²) >= 11 is 0. The van der Waals surface area contributed by atoms with Gasteiger partial charge in [-0.15, -0.1) is 0 Å². The Hall–Kier alpha value is -6.90. The van der Waals surface area contributed by atoms with Crippen LogP contribution in [0.1, 0.15) is 0 Å². The van der Waals surface area contributed by atoms with E-state index >= 15 is 0 Å². The van der Waals surface area contributed by atoms with E-state index in [9.17, 15) is 0 Å². The van der Waals surface area contributed by atoms with Gasteiger partial charge in [0, 0.05) is 28.2 Å². The van der Waals surface area contributed by atoms with Crippen LogP contribution < -0.4 is 9.64 Å². The van der Waals surface area contributed by atoms with Gasteiger partial charge in [-0.2, -0.15) is 0 Å². The highest BCUT2D eigenvalue weighted by atomic mass is 16.5. The van der Waals surface area contributed by atoms with Crippen molar-refractivity contribution in [3.05, 3.63) is 200 Å². The molecule has 1 aliphatic rings. The van der Waals surface area contributed by atoms with Crippen LogP contribution in [0, 0.1) is 0 Å². The maximum Gasteiger partial charge on any atom is 0.135 e. The molecular formula is C50H33NO. The first-order chi connectivity index (χ1) is 25.7. The molecule has 52 heavy (non-hydrogen) atoms. The summed E-state index contributed by atoms with van der Waals surface area (Å²) in [5.41, 5.74) is 12.4. The molecule has 0 radical (unpaired) electrons. The Morgan fingerprint density at radius 1 is 0.269 bits per heavy atom. The number of hydrogen-bond donors (Lipinski definition) is 0. The van der Waals surface area contributed by atoms with Gasteiger partial charge < -0.3 is 9.64 Å². The average molecular weight is 664 g/mol. The maximum absolute atomic E-state index is 6.89. The zero-order chi connectivity index (χ0) is 34.4. The molecule has 1 heterocycles. The summed E-state index contributed by atoms with van der Waals surface area (Å²) in [6.45, 7) is 0. The standard InChI is InChI=1S/C50H33NO/c1-3-11-34(12-4-1)37-19-23-42(24-20-37)51(43-25-21-36-15-7-8-16-38(36)29-43)44-26-28-49-48(33-44)46-30-41(35-13-5-2-6-14-35)22-27-45(46)47-31-39-17-9-10-18-40(39)32-50(47)52-49/h1-33H. The third kappa shape index (κ3) is 5.30. The molecule has 0 fully saturated rings. The van der Waals surface area contributed by atoms with Crippen LogP contribution in [-0.4, -0.2) is 0 Å².